The van der Waals surface area contributed by atoms with E-state index < -0.39 is 0 Å². The van der Waals surface area contributed by atoms with Crippen molar-refractivity contribution in [3.63, 3.8) is 0 Å². The molecule has 118 valence electrons. The first-order chi connectivity index (χ1) is 9.58. The first-order valence-electron chi connectivity index (χ1n) is 7.97. The molecule has 0 spiro atoms. The molecule has 2 aliphatic carbocycles. The predicted molar refractivity (Wildman–Crippen MR) is 84.9 cm³/mol. The van der Waals surface area contributed by atoms with Crippen molar-refractivity contribution < 1.29 is 14.3 Å². The maximum Gasteiger partial charge on any atom is 0.303 e. The van der Waals surface area contributed by atoms with Crippen molar-refractivity contribution in [3.8, 4) is 0 Å². The van der Waals surface area contributed by atoms with E-state index in [0.717, 1.165) is 25.0 Å². The Labute approximate surface area is 131 Å². The summed E-state index contributed by atoms with van der Waals surface area (Å²) in [6.45, 7) is 5.21. The van der Waals surface area contributed by atoms with E-state index in [-0.39, 0.29) is 11.0 Å². The smallest absolute Gasteiger partial charge is 0.303 e. The summed E-state index contributed by atoms with van der Waals surface area (Å²) in [5.74, 6) is 1.55. The summed E-state index contributed by atoms with van der Waals surface area (Å²) in [6.07, 6.45) is 11.5. The Kier molecular flexibility index (Phi) is 9.53. The monoisotopic (exact) mass is 348 g/mol. The van der Waals surface area contributed by atoms with Gasteiger partial charge in [0.15, 0.2) is 5.01 Å². The van der Waals surface area contributed by atoms with Crippen LogP contribution in [0.3, 0.4) is 0 Å². The van der Waals surface area contributed by atoms with Gasteiger partial charge in [-0.2, -0.15) is 0 Å². The Morgan fingerprint density at radius 1 is 1.05 bits per heavy atom. The lowest BCUT2D eigenvalue weighted by molar-refractivity contribution is -0.141. The maximum atomic E-state index is 10.0. The van der Waals surface area contributed by atoms with Crippen LogP contribution in [0.2, 0.25) is 0 Å². The summed E-state index contributed by atoms with van der Waals surface area (Å²) in [5.41, 5.74) is 0. The lowest BCUT2D eigenvalue weighted by Gasteiger charge is -2.13. The Morgan fingerprint density at radius 2 is 1.45 bits per heavy atom. The molecule has 0 bridgehead atoms. The largest absolute Gasteiger partial charge is 0.451 e. The number of alkyl halides is 1. The molecule has 1 atom stereocenters. The topological polar surface area (TPSA) is 35.5 Å². The van der Waals surface area contributed by atoms with Crippen LogP contribution in [0.15, 0.2) is 0 Å². The van der Waals surface area contributed by atoms with Gasteiger partial charge in [0.2, 0.25) is 0 Å². The minimum absolute atomic E-state index is 0.162. The summed E-state index contributed by atoms with van der Waals surface area (Å²) in [4.78, 5) is 10.0. The van der Waals surface area contributed by atoms with E-state index in [4.69, 9.17) is 4.74 Å². The zero-order valence-electron chi connectivity index (χ0n) is 12.9. The second-order valence-corrected chi connectivity index (χ2v) is 7.28. The molecule has 0 aromatic carbocycles. The molecule has 0 N–H and O–H groups in total. The number of hydrogen-bond acceptors (Lipinski definition) is 3. The fourth-order valence-electron chi connectivity index (χ4n) is 2.98. The van der Waals surface area contributed by atoms with Crippen molar-refractivity contribution >= 4 is 21.9 Å². The van der Waals surface area contributed by atoms with Crippen molar-refractivity contribution in [2.24, 2.45) is 11.8 Å². The fourth-order valence-corrected chi connectivity index (χ4v) is 3.25. The molecular weight excluding hydrogens is 320 g/mol. The van der Waals surface area contributed by atoms with E-state index in [9.17, 15) is 4.79 Å². The van der Waals surface area contributed by atoms with Crippen LogP contribution in [0.25, 0.3) is 0 Å². The zero-order chi connectivity index (χ0) is 14.8. The Balaban J connectivity index is 0.000000246. The molecule has 2 aliphatic rings. The second-order valence-electron chi connectivity index (χ2n) is 5.99. The van der Waals surface area contributed by atoms with Crippen molar-refractivity contribution in [3.05, 3.63) is 0 Å². The van der Waals surface area contributed by atoms with E-state index in [1.807, 2.05) is 0 Å². The van der Waals surface area contributed by atoms with Crippen LogP contribution in [0.1, 0.15) is 65.2 Å². The quantitative estimate of drug-likeness (QED) is 0.534. The molecule has 0 radical (unpaired) electrons. The van der Waals surface area contributed by atoms with E-state index in [1.165, 1.54) is 58.3 Å². The zero-order valence-corrected chi connectivity index (χ0v) is 14.5. The van der Waals surface area contributed by atoms with Gasteiger partial charge in [-0.15, -0.1) is 0 Å². The molecule has 2 saturated carbocycles. The molecule has 0 aromatic heterocycles. The number of rotatable bonds is 5. The Morgan fingerprint density at radius 3 is 1.70 bits per heavy atom. The fraction of sp³-hybridized carbons (Fsp3) is 0.938. The number of carbonyl (C=O) groups is 1. The first-order valence-corrected chi connectivity index (χ1v) is 8.88. The highest BCUT2D eigenvalue weighted by Crippen LogP contribution is 2.27. The highest BCUT2D eigenvalue weighted by molar-refractivity contribution is 9.09. The lowest BCUT2D eigenvalue weighted by atomic mass is 10.1. The summed E-state index contributed by atoms with van der Waals surface area (Å²) in [7, 11) is 0. The normalized spacial score (nSPS) is 21.4. The number of ether oxygens (including phenoxy) is 2. The highest BCUT2D eigenvalue weighted by Gasteiger charge is 2.18. The Bertz CT molecular complexity index is 240. The van der Waals surface area contributed by atoms with Crippen molar-refractivity contribution in [1.29, 1.82) is 0 Å². The molecule has 4 heteroatoms. The maximum absolute atomic E-state index is 10.0. The summed E-state index contributed by atoms with van der Waals surface area (Å²) in [6, 6.07) is 0. The molecule has 2 fully saturated rings. The summed E-state index contributed by atoms with van der Waals surface area (Å²) < 4.78 is 10.3. The van der Waals surface area contributed by atoms with Crippen LogP contribution in [0.4, 0.5) is 0 Å². The molecule has 3 nitrogen and oxygen atoms in total. The van der Waals surface area contributed by atoms with Gasteiger partial charge in [0.05, 0.1) is 0 Å². The average Bonchev–Trinajstić information content (AvgIpc) is 3.00. The van der Waals surface area contributed by atoms with Crippen LogP contribution in [0, 0.1) is 11.8 Å². The van der Waals surface area contributed by atoms with Crippen molar-refractivity contribution in [2.45, 2.75) is 70.2 Å². The van der Waals surface area contributed by atoms with Crippen molar-refractivity contribution in [2.75, 3.05) is 13.2 Å². The molecule has 2 rings (SSSR count). The number of carbonyl (C=O) groups excluding carboxylic acids is 1. The molecule has 0 aliphatic heterocycles. The first kappa shape index (κ1) is 18.0. The number of esters is 1. The predicted octanol–water partition coefficient (Wildman–Crippen LogP) is 4.67. The average molecular weight is 349 g/mol. The van der Waals surface area contributed by atoms with Crippen LogP contribution < -0.4 is 0 Å². The van der Waals surface area contributed by atoms with Gasteiger partial charge >= 0.3 is 5.97 Å². The number of hydrogen-bond donors (Lipinski definition) is 0. The van der Waals surface area contributed by atoms with Gasteiger partial charge in [0.25, 0.3) is 0 Å². The molecule has 20 heavy (non-hydrogen) atoms. The van der Waals surface area contributed by atoms with E-state index in [1.54, 1.807) is 6.92 Å². The summed E-state index contributed by atoms with van der Waals surface area (Å²) >= 11 is 3.03. The van der Waals surface area contributed by atoms with Crippen LogP contribution in [-0.2, 0) is 14.3 Å². The highest BCUT2D eigenvalue weighted by atomic mass is 79.9. The third-order valence-corrected chi connectivity index (χ3v) is 4.17. The summed E-state index contributed by atoms with van der Waals surface area (Å²) in [5, 5.41) is -0.162. The molecule has 0 heterocycles. The molecular formula is C16H29BrO3. The van der Waals surface area contributed by atoms with Crippen molar-refractivity contribution in [1.82, 2.24) is 0 Å². The third-order valence-electron chi connectivity index (χ3n) is 3.98. The molecule has 0 aromatic rings. The van der Waals surface area contributed by atoms with Gasteiger partial charge in [0.1, 0.15) is 0 Å². The van der Waals surface area contributed by atoms with Gasteiger partial charge in [-0.05, 0) is 60.4 Å². The van der Waals surface area contributed by atoms with Gasteiger partial charge in [-0.25, -0.2) is 0 Å². The molecule has 1 unspecified atom stereocenters. The van der Waals surface area contributed by atoms with E-state index in [0.29, 0.717) is 0 Å². The van der Waals surface area contributed by atoms with Crippen LogP contribution in [0.5, 0.6) is 0 Å². The molecule has 0 saturated heterocycles. The second kappa shape index (κ2) is 10.6. The van der Waals surface area contributed by atoms with Gasteiger partial charge in [-0.3, -0.25) is 4.79 Å². The minimum atomic E-state index is -0.260. The molecule has 0 amide bonds. The standard InChI is InChI=1S/C12H22O.C4H7BrO2/c1-2-6-11(5-1)9-13-10-12-7-3-4-8-12;1-3(5)7-4(2)6/h11-12H,1-10H2;3H,1-2H3. The van der Waals surface area contributed by atoms with Gasteiger partial charge < -0.3 is 9.47 Å². The minimum Gasteiger partial charge on any atom is -0.451 e. The Hall–Kier alpha value is -0.0900. The van der Waals surface area contributed by atoms with E-state index >= 15 is 0 Å². The third kappa shape index (κ3) is 8.96. The van der Waals surface area contributed by atoms with Crippen LogP contribution >= 0.6 is 15.9 Å². The SMILES string of the molecule is C1CCC(COCC2CCCC2)C1.CC(=O)OC(C)Br. The van der Waals surface area contributed by atoms with Gasteiger partial charge in [-0.1, -0.05) is 25.7 Å². The lowest BCUT2D eigenvalue weighted by Crippen LogP contribution is -2.11. The van der Waals surface area contributed by atoms with Crippen LogP contribution in [-0.4, -0.2) is 24.2 Å². The van der Waals surface area contributed by atoms with E-state index in [2.05, 4.69) is 20.7 Å². The number of halogens is 1. The van der Waals surface area contributed by atoms with Gasteiger partial charge in [0, 0.05) is 20.1 Å².